The third kappa shape index (κ3) is 3.70. The van der Waals surface area contributed by atoms with Crippen molar-refractivity contribution in [3.05, 3.63) is 35.4 Å². The van der Waals surface area contributed by atoms with E-state index < -0.39 is 17.7 Å². The van der Waals surface area contributed by atoms with Crippen LogP contribution in [-0.2, 0) is 15.7 Å². The fourth-order valence-electron chi connectivity index (χ4n) is 1.82. The Morgan fingerprint density at radius 3 is 2.53 bits per heavy atom. The van der Waals surface area contributed by atoms with Crippen LogP contribution in [0.25, 0.3) is 0 Å². The molecule has 0 radical (unpaired) electrons. The zero-order valence-corrected chi connectivity index (χ0v) is 10.1. The lowest BCUT2D eigenvalue weighted by atomic mass is 10.1. The van der Waals surface area contributed by atoms with E-state index in [1.807, 2.05) is 0 Å². The predicted molar refractivity (Wildman–Crippen MR) is 60.7 cm³/mol. The second-order valence-electron chi connectivity index (χ2n) is 4.31. The Bertz CT molecular complexity index is 433. The molecular formula is C13H13F3O3. The van der Waals surface area contributed by atoms with Crippen LogP contribution in [-0.4, -0.2) is 25.3 Å². The molecule has 1 atom stereocenters. The van der Waals surface area contributed by atoms with Crippen molar-refractivity contribution in [2.75, 3.05) is 13.2 Å². The summed E-state index contributed by atoms with van der Waals surface area (Å²) in [7, 11) is 0. The first-order valence-electron chi connectivity index (χ1n) is 5.93. The number of benzene rings is 1. The van der Waals surface area contributed by atoms with Crippen molar-refractivity contribution in [1.82, 2.24) is 0 Å². The van der Waals surface area contributed by atoms with Crippen molar-refractivity contribution in [2.45, 2.75) is 25.1 Å². The quantitative estimate of drug-likeness (QED) is 0.795. The lowest BCUT2D eigenvalue weighted by molar-refractivity contribution is -0.137. The second kappa shape index (κ2) is 5.61. The average molecular weight is 274 g/mol. The van der Waals surface area contributed by atoms with Gasteiger partial charge in [0.1, 0.15) is 6.61 Å². The van der Waals surface area contributed by atoms with Crippen LogP contribution in [0.15, 0.2) is 24.3 Å². The summed E-state index contributed by atoms with van der Waals surface area (Å²) in [6.07, 6.45) is -2.73. The Hall–Kier alpha value is -1.56. The maximum absolute atomic E-state index is 12.3. The molecule has 6 heteroatoms. The van der Waals surface area contributed by atoms with E-state index in [9.17, 15) is 18.0 Å². The molecule has 1 aromatic carbocycles. The molecule has 1 unspecified atom stereocenters. The van der Waals surface area contributed by atoms with E-state index in [2.05, 4.69) is 0 Å². The molecule has 1 aromatic rings. The van der Waals surface area contributed by atoms with E-state index in [-0.39, 0.29) is 18.3 Å². The van der Waals surface area contributed by atoms with Crippen molar-refractivity contribution < 1.29 is 27.4 Å². The molecule has 0 spiro atoms. The number of alkyl halides is 3. The van der Waals surface area contributed by atoms with Crippen LogP contribution in [0.4, 0.5) is 13.2 Å². The standard InChI is InChI=1S/C13H13F3O3/c14-13(15,16)10-5-3-9(4-6-10)12(17)19-8-11-2-1-7-18-11/h3-6,11H,1-2,7-8H2. The van der Waals surface area contributed by atoms with E-state index in [1.165, 1.54) is 0 Å². The van der Waals surface area contributed by atoms with Crippen molar-refractivity contribution in [1.29, 1.82) is 0 Å². The molecule has 0 N–H and O–H groups in total. The zero-order chi connectivity index (χ0) is 13.9. The summed E-state index contributed by atoms with van der Waals surface area (Å²) in [5.41, 5.74) is -0.686. The monoisotopic (exact) mass is 274 g/mol. The number of carbonyl (C=O) groups is 1. The Morgan fingerprint density at radius 2 is 2.00 bits per heavy atom. The molecule has 1 aliphatic heterocycles. The first-order valence-corrected chi connectivity index (χ1v) is 5.93. The molecule has 104 valence electrons. The summed E-state index contributed by atoms with van der Waals surface area (Å²) >= 11 is 0. The second-order valence-corrected chi connectivity index (χ2v) is 4.31. The summed E-state index contributed by atoms with van der Waals surface area (Å²) in [5.74, 6) is -0.635. The average Bonchev–Trinajstić information content (AvgIpc) is 2.88. The highest BCUT2D eigenvalue weighted by Crippen LogP contribution is 2.29. The molecule has 1 aliphatic rings. The lowest BCUT2D eigenvalue weighted by Crippen LogP contribution is -2.18. The topological polar surface area (TPSA) is 35.5 Å². The zero-order valence-electron chi connectivity index (χ0n) is 10.1. The predicted octanol–water partition coefficient (Wildman–Crippen LogP) is 3.04. The van der Waals surface area contributed by atoms with E-state index in [0.717, 1.165) is 37.1 Å². The molecule has 0 aromatic heterocycles. The highest BCUT2D eigenvalue weighted by atomic mass is 19.4. The summed E-state index contributed by atoms with van der Waals surface area (Å²) in [6, 6.07) is 3.95. The van der Waals surface area contributed by atoms with Gasteiger partial charge in [0.15, 0.2) is 0 Å². The van der Waals surface area contributed by atoms with Gasteiger partial charge in [0, 0.05) is 6.61 Å². The minimum absolute atomic E-state index is 0.0987. The Kier molecular flexibility index (Phi) is 4.09. The molecule has 0 bridgehead atoms. The van der Waals surface area contributed by atoms with E-state index in [0.29, 0.717) is 6.61 Å². The Labute approximate surface area is 108 Å². The van der Waals surface area contributed by atoms with Crippen LogP contribution < -0.4 is 0 Å². The normalized spacial score (nSPS) is 19.4. The van der Waals surface area contributed by atoms with E-state index >= 15 is 0 Å². The molecule has 1 saturated heterocycles. The summed E-state index contributed by atoms with van der Waals surface area (Å²) in [6.45, 7) is 0.794. The van der Waals surface area contributed by atoms with Gasteiger partial charge in [0.05, 0.1) is 17.2 Å². The van der Waals surface area contributed by atoms with Gasteiger partial charge in [-0.1, -0.05) is 0 Å². The third-order valence-corrected chi connectivity index (χ3v) is 2.87. The molecule has 3 nitrogen and oxygen atoms in total. The van der Waals surface area contributed by atoms with Gasteiger partial charge in [-0.15, -0.1) is 0 Å². The van der Waals surface area contributed by atoms with E-state index in [4.69, 9.17) is 9.47 Å². The number of hydrogen-bond acceptors (Lipinski definition) is 3. The van der Waals surface area contributed by atoms with Gasteiger partial charge in [-0.25, -0.2) is 4.79 Å². The number of carbonyl (C=O) groups excluding carboxylic acids is 1. The summed E-state index contributed by atoms with van der Waals surface area (Å²) in [4.78, 5) is 11.6. The van der Waals surface area contributed by atoms with Crippen molar-refractivity contribution in [2.24, 2.45) is 0 Å². The highest BCUT2D eigenvalue weighted by Gasteiger charge is 2.30. The number of hydrogen-bond donors (Lipinski definition) is 0. The molecule has 2 rings (SSSR count). The van der Waals surface area contributed by atoms with Gasteiger partial charge < -0.3 is 9.47 Å². The maximum atomic E-state index is 12.3. The Morgan fingerprint density at radius 1 is 1.32 bits per heavy atom. The molecule has 1 heterocycles. The molecule has 1 fully saturated rings. The smallest absolute Gasteiger partial charge is 0.416 e. The van der Waals surface area contributed by atoms with Gasteiger partial charge in [0.25, 0.3) is 0 Å². The fourth-order valence-corrected chi connectivity index (χ4v) is 1.82. The molecule has 0 saturated carbocycles. The van der Waals surface area contributed by atoms with Crippen LogP contribution in [0.1, 0.15) is 28.8 Å². The van der Waals surface area contributed by atoms with Gasteiger partial charge in [-0.3, -0.25) is 0 Å². The minimum Gasteiger partial charge on any atom is -0.459 e. The van der Waals surface area contributed by atoms with Crippen molar-refractivity contribution >= 4 is 5.97 Å². The molecular weight excluding hydrogens is 261 g/mol. The summed E-state index contributed by atoms with van der Waals surface area (Å²) in [5, 5.41) is 0. The van der Waals surface area contributed by atoms with Crippen LogP contribution in [0, 0.1) is 0 Å². The van der Waals surface area contributed by atoms with E-state index in [1.54, 1.807) is 0 Å². The van der Waals surface area contributed by atoms with Crippen LogP contribution >= 0.6 is 0 Å². The number of rotatable bonds is 3. The van der Waals surface area contributed by atoms with Crippen LogP contribution in [0.3, 0.4) is 0 Å². The number of esters is 1. The van der Waals surface area contributed by atoms with Crippen LogP contribution in [0.5, 0.6) is 0 Å². The lowest BCUT2D eigenvalue weighted by Gasteiger charge is -2.11. The molecule has 19 heavy (non-hydrogen) atoms. The molecule has 0 aliphatic carbocycles. The fraction of sp³-hybridized carbons (Fsp3) is 0.462. The third-order valence-electron chi connectivity index (χ3n) is 2.87. The SMILES string of the molecule is O=C(OCC1CCCO1)c1ccc(C(F)(F)F)cc1. The van der Waals surface area contributed by atoms with Gasteiger partial charge >= 0.3 is 12.1 Å². The van der Waals surface area contributed by atoms with Gasteiger partial charge in [0.2, 0.25) is 0 Å². The first-order chi connectivity index (χ1) is 8.97. The highest BCUT2D eigenvalue weighted by molar-refractivity contribution is 5.89. The molecule has 0 amide bonds. The first kappa shape index (κ1) is 13.9. The number of ether oxygens (including phenoxy) is 2. The van der Waals surface area contributed by atoms with Crippen molar-refractivity contribution in [3.63, 3.8) is 0 Å². The largest absolute Gasteiger partial charge is 0.459 e. The maximum Gasteiger partial charge on any atom is 0.416 e. The Balaban J connectivity index is 1.92. The van der Waals surface area contributed by atoms with Crippen LogP contribution in [0.2, 0.25) is 0 Å². The van der Waals surface area contributed by atoms with Gasteiger partial charge in [-0.05, 0) is 37.1 Å². The summed E-state index contributed by atoms with van der Waals surface area (Å²) < 4.78 is 47.3. The minimum atomic E-state index is -4.40. The number of halogens is 3. The van der Waals surface area contributed by atoms with Crippen molar-refractivity contribution in [3.8, 4) is 0 Å². The van der Waals surface area contributed by atoms with Gasteiger partial charge in [-0.2, -0.15) is 13.2 Å².